The molecule has 0 heterocycles. The van der Waals surface area contributed by atoms with Crippen LogP contribution in [0.2, 0.25) is 5.02 Å². The van der Waals surface area contributed by atoms with Crippen LogP contribution in [-0.4, -0.2) is 0 Å². The highest BCUT2D eigenvalue weighted by Crippen LogP contribution is 2.61. The van der Waals surface area contributed by atoms with Crippen LogP contribution in [0.3, 0.4) is 0 Å². The van der Waals surface area contributed by atoms with Crippen molar-refractivity contribution in [2.45, 2.75) is 24.7 Å². The van der Waals surface area contributed by atoms with Gasteiger partial charge in [-0.2, -0.15) is 0 Å². The van der Waals surface area contributed by atoms with E-state index in [1.54, 1.807) is 0 Å². The van der Waals surface area contributed by atoms with Gasteiger partial charge in [-0.15, -0.1) is 0 Å². The molecule has 0 amide bonds. The Balaban J connectivity index is 1.71. The van der Waals surface area contributed by atoms with Gasteiger partial charge < -0.3 is 0 Å². The van der Waals surface area contributed by atoms with Gasteiger partial charge in [-0.1, -0.05) is 135 Å². The first-order valence-electron chi connectivity index (χ1n) is 12.2. The molecule has 0 N–H and O–H groups in total. The number of benzene rings is 5. The smallest absolute Gasteiger partial charge is 0.0719 e. The van der Waals surface area contributed by atoms with E-state index in [9.17, 15) is 0 Å². The van der Waals surface area contributed by atoms with Crippen LogP contribution >= 0.6 is 11.6 Å². The van der Waals surface area contributed by atoms with E-state index in [0.717, 1.165) is 5.02 Å². The van der Waals surface area contributed by atoms with Crippen LogP contribution in [0.5, 0.6) is 0 Å². The summed E-state index contributed by atoms with van der Waals surface area (Å²) in [5.74, 6) is 0. The highest BCUT2D eigenvalue weighted by atomic mass is 35.5. The predicted molar refractivity (Wildman–Crippen MR) is 146 cm³/mol. The van der Waals surface area contributed by atoms with E-state index in [1.807, 2.05) is 0 Å². The highest BCUT2D eigenvalue weighted by molar-refractivity contribution is 6.32. The van der Waals surface area contributed by atoms with Crippen LogP contribution in [0.15, 0.2) is 115 Å². The van der Waals surface area contributed by atoms with Gasteiger partial charge >= 0.3 is 0 Å². The number of hydrogen-bond acceptors (Lipinski definition) is 0. The first-order valence-corrected chi connectivity index (χ1v) is 12.6. The summed E-state index contributed by atoms with van der Waals surface area (Å²) in [6, 6.07) is 42.1. The number of halogens is 1. The lowest BCUT2D eigenvalue weighted by Crippen LogP contribution is -2.29. The van der Waals surface area contributed by atoms with E-state index >= 15 is 0 Å². The van der Waals surface area contributed by atoms with Crippen molar-refractivity contribution in [2.24, 2.45) is 0 Å². The lowest BCUT2D eigenvalue weighted by Gasteiger charge is -2.36. The Morgan fingerprint density at radius 1 is 0.486 bits per heavy atom. The Labute approximate surface area is 211 Å². The molecule has 168 valence electrons. The van der Waals surface area contributed by atoms with Crippen molar-refractivity contribution in [3.8, 4) is 22.3 Å². The van der Waals surface area contributed by atoms with Crippen molar-refractivity contribution in [1.82, 2.24) is 0 Å². The molecule has 0 aliphatic heterocycles. The van der Waals surface area contributed by atoms with Crippen LogP contribution in [0, 0.1) is 0 Å². The molecule has 0 fully saturated rings. The maximum atomic E-state index is 7.01. The average Bonchev–Trinajstić information content (AvgIpc) is 3.33. The fraction of sp³-hybridized carbons (Fsp3) is 0.118. The predicted octanol–water partition coefficient (Wildman–Crippen LogP) is 9.01. The molecule has 35 heavy (non-hydrogen) atoms. The van der Waals surface area contributed by atoms with Gasteiger partial charge in [-0.25, -0.2) is 0 Å². The normalized spacial score (nSPS) is 15.7. The highest BCUT2D eigenvalue weighted by Gasteiger charge is 2.50. The summed E-state index contributed by atoms with van der Waals surface area (Å²) >= 11 is 7.01. The maximum Gasteiger partial charge on any atom is 0.0719 e. The molecule has 0 bridgehead atoms. The summed E-state index contributed by atoms with van der Waals surface area (Å²) in [5, 5.41) is 0.840. The third kappa shape index (κ3) is 2.53. The molecule has 0 atom stereocenters. The van der Waals surface area contributed by atoms with E-state index in [4.69, 9.17) is 11.6 Å². The summed E-state index contributed by atoms with van der Waals surface area (Å²) in [6.45, 7) is 4.61. The van der Waals surface area contributed by atoms with Crippen molar-refractivity contribution in [1.29, 1.82) is 0 Å². The third-order valence-corrected chi connectivity index (χ3v) is 8.53. The van der Waals surface area contributed by atoms with E-state index in [-0.39, 0.29) is 5.41 Å². The quantitative estimate of drug-likeness (QED) is 0.238. The zero-order chi connectivity index (χ0) is 23.8. The van der Waals surface area contributed by atoms with Gasteiger partial charge in [-0.3, -0.25) is 0 Å². The number of rotatable bonds is 2. The SMILES string of the molecule is CC1(C)c2ccccc2-c2c(C3(c4ccccc4)c4ccccc4-c4ccccc43)ccc(Cl)c21. The van der Waals surface area contributed by atoms with Gasteiger partial charge in [-0.05, 0) is 61.7 Å². The lowest BCUT2D eigenvalue weighted by molar-refractivity contribution is 0.658. The molecule has 0 radical (unpaired) electrons. The molecule has 1 heteroatoms. The zero-order valence-corrected chi connectivity index (χ0v) is 20.6. The summed E-state index contributed by atoms with van der Waals surface area (Å²) in [7, 11) is 0. The molecular formula is C34H25Cl. The molecule has 5 aromatic rings. The van der Waals surface area contributed by atoms with Gasteiger partial charge in [0.2, 0.25) is 0 Å². The largest absolute Gasteiger partial charge is 0.0840 e. The van der Waals surface area contributed by atoms with Crippen molar-refractivity contribution in [3.63, 3.8) is 0 Å². The van der Waals surface area contributed by atoms with Gasteiger partial charge in [0.05, 0.1) is 5.41 Å². The second kappa shape index (κ2) is 7.20. The van der Waals surface area contributed by atoms with Gasteiger partial charge in [0.1, 0.15) is 0 Å². The molecule has 7 rings (SSSR count). The minimum Gasteiger partial charge on any atom is -0.0840 e. The van der Waals surface area contributed by atoms with Crippen LogP contribution in [-0.2, 0) is 10.8 Å². The Bertz CT molecular complexity index is 1580. The van der Waals surface area contributed by atoms with Crippen LogP contribution in [0.25, 0.3) is 22.3 Å². The first kappa shape index (κ1) is 20.7. The zero-order valence-electron chi connectivity index (χ0n) is 19.8. The Morgan fingerprint density at radius 3 is 1.63 bits per heavy atom. The monoisotopic (exact) mass is 468 g/mol. The topological polar surface area (TPSA) is 0 Å². The fourth-order valence-electron chi connectivity index (χ4n) is 6.84. The maximum absolute atomic E-state index is 7.01. The molecule has 0 aromatic heterocycles. The van der Waals surface area contributed by atoms with E-state index < -0.39 is 5.41 Å². The number of fused-ring (bicyclic) bond motifs is 6. The number of hydrogen-bond donors (Lipinski definition) is 0. The fourth-order valence-corrected chi connectivity index (χ4v) is 7.23. The minimum atomic E-state index is -0.434. The van der Waals surface area contributed by atoms with Crippen molar-refractivity contribution in [3.05, 3.63) is 154 Å². The molecule has 0 unspecified atom stereocenters. The van der Waals surface area contributed by atoms with Crippen molar-refractivity contribution in [2.75, 3.05) is 0 Å². The molecule has 2 aliphatic rings. The van der Waals surface area contributed by atoms with E-state index in [0.29, 0.717) is 0 Å². The molecule has 0 nitrogen and oxygen atoms in total. The van der Waals surface area contributed by atoms with Crippen molar-refractivity contribution < 1.29 is 0 Å². The summed E-state index contributed by atoms with van der Waals surface area (Å²) < 4.78 is 0. The Kier molecular flexibility index (Phi) is 4.26. The summed E-state index contributed by atoms with van der Waals surface area (Å²) in [5.41, 5.74) is 12.4. The van der Waals surface area contributed by atoms with Gasteiger partial charge in [0, 0.05) is 10.4 Å². The lowest BCUT2D eigenvalue weighted by atomic mass is 9.65. The van der Waals surface area contributed by atoms with E-state index in [2.05, 4.69) is 129 Å². The molecule has 5 aromatic carbocycles. The van der Waals surface area contributed by atoms with E-state index in [1.165, 1.54) is 55.6 Å². The Morgan fingerprint density at radius 2 is 1.00 bits per heavy atom. The molecule has 0 spiro atoms. The van der Waals surface area contributed by atoms with Crippen molar-refractivity contribution >= 4 is 11.6 Å². The standard InChI is InChI=1S/C34H25Cl/c1-33(2)26-17-9-8-16-25(26)31-29(20-21-30(35)32(31)33)34(22-12-4-3-5-13-22)27-18-10-6-14-23(27)24-15-7-11-19-28(24)34/h3-21H,1-2H3. The van der Waals surface area contributed by atoms with Crippen LogP contribution in [0.1, 0.15) is 47.2 Å². The van der Waals surface area contributed by atoms with Gasteiger partial charge in [0.15, 0.2) is 0 Å². The average molecular weight is 469 g/mol. The Hall–Kier alpha value is -3.61. The summed E-state index contributed by atoms with van der Waals surface area (Å²) in [6.07, 6.45) is 0. The first-order chi connectivity index (χ1) is 17.1. The molecular weight excluding hydrogens is 444 g/mol. The second-order valence-corrected chi connectivity index (χ2v) is 10.6. The third-order valence-electron chi connectivity index (χ3n) is 8.21. The molecule has 0 saturated heterocycles. The molecule has 0 saturated carbocycles. The molecule has 2 aliphatic carbocycles. The van der Waals surface area contributed by atoms with Crippen LogP contribution in [0.4, 0.5) is 0 Å². The minimum absolute atomic E-state index is 0.172. The van der Waals surface area contributed by atoms with Gasteiger partial charge in [0.25, 0.3) is 0 Å². The van der Waals surface area contributed by atoms with Crippen LogP contribution < -0.4 is 0 Å². The second-order valence-electron chi connectivity index (χ2n) is 10.2. The summed E-state index contributed by atoms with van der Waals surface area (Å²) in [4.78, 5) is 0.